The van der Waals surface area contributed by atoms with Gasteiger partial charge in [0.2, 0.25) is 0 Å². The molecule has 0 radical (unpaired) electrons. The van der Waals surface area contributed by atoms with Crippen LogP contribution in [0.3, 0.4) is 0 Å². The van der Waals surface area contributed by atoms with Crippen molar-refractivity contribution in [2.45, 2.75) is 58.8 Å². The lowest BCUT2D eigenvalue weighted by atomic mass is 10.0. The topological polar surface area (TPSA) is 55.4 Å². The van der Waals surface area contributed by atoms with Gasteiger partial charge in [0.25, 0.3) is 5.91 Å². The molecule has 0 bridgehead atoms. The van der Waals surface area contributed by atoms with Crippen LogP contribution in [0.1, 0.15) is 82.7 Å². The third-order valence-corrected chi connectivity index (χ3v) is 6.17. The minimum atomic E-state index is -0.331. The number of amides is 1. The zero-order valence-corrected chi connectivity index (χ0v) is 17.1. The molecular formula is C22H27NO3S. The molecule has 4 nitrogen and oxygen atoms in total. The van der Waals surface area contributed by atoms with Crippen LogP contribution in [0, 0.1) is 0 Å². The molecule has 2 aromatic rings. The van der Waals surface area contributed by atoms with Gasteiger partial charge in [-0.3, -0.25) is 4.79 Å². The number of esters is 1. The molecule has 1 N–H and O–H groups in total. The van der Waals surface area contributed by atoms with Crippen LogP contribution < -0.4 is 5.32 Å². The highest BCUT2D eigenvalue weighted by Crippen LogP contribution is 2.38. The molecule has 1 heterocycles. The van der Waals surface area contributed by atoms with Gasteiger partial charge in [-0.1, -0.05) is 32.4 Å². The number of carbonyl (C=O) groups is 2. The Morgan fingerprint density at radius 2 is 1.81 bits per heavy atom. The van der Waals surface area contributed by atoms with Crippen molar-refractivity contribution in [3.05, 3.63) is 51.4 Å². The zero-order chi connectivity index (χ0) is 19.4. The second kappa shape index (κ2) is 8.70. The van der Waals surface area contributed by atoms with Gasteiger partial charge in [-0.2, -0.15) is 0 Å². The second-order valence-corrected chi connectivity index (χ2v) is 8.33. The normalized spacial score (nSPS) is 13.8. The van der Waals surface area contributed by atoms with E-state index >= 15 is 0 Å². The van der Waals surface area contributed by atoms with Gasteiger partial charge in [-0.15, -0.1) is 11.3 Å². The summed E-state index contributed by atoms with van der Waals surface area (Å²) in [4.78, 5) is 26.5. The molecular weight excluding hydrogens is 358 g/mol. The van der Waals surface area contributed by atoms with Crippen LogP contribution in [-0.2, 0) is 17.6 Å². The smallest absolute Gasteiger partial charge is 0.341 e. The van der Waals surface area contributed by atoms with Crippen molar-refractivity contribution in [2.24, 2.45) is 0 Å². The molecule has 0 saturated heterocycles. The van der Waals surface area contributed by atoms with E-state index in [2.05, 4.69) is 19.2 Å². The first-order valence-electron chi connectivity index (χ1n) is 9.74. The monoisotopic (exact) mass is 385 g/mol. The Bertz CT molecular complexity index is 821. The van der Waals surface area contributed by atoms with Gasteiger partial charge in [0.15, 0.2) is 0 Å². The molecule has 0 aliphatic heterocycles. The first kappa shape index (κ1) is 19.6. The Morgan fingerprint density at radius 1 is 1.11 bits per heavy atom. The molecule has 0 fully saturated rings. The Balaban J connectivity index is 1.89. The first-order chi connectivity index (χ1) is 13.0. The van der Waals surface area contributed by atoms with Crippen LogP contribution >= 0.6 is 11.3 Å². The Kier molecular flexibility index (Phi) is 6.32. The lowest BCUT2D eigenvalue weighted by molar-refractivity contribution is 0.0527. The van der Waals surface area contributed by atoms with E-state index in [4.69, 9.17) is 4.74 Å². The molecule has 1 amide bonds. The number of fused-ring (bicyclic) bond motifs is 1. The molecule has 27 heavy (non-hydrogen) atoms. The third-order valence-electron chi connectivity index (χ3n) is 4.97. The molecule has 1 aliphatic carbocycles. The van der Waals surface area contributed by atoms with Crippen LogP contribution in [0.25, 0.3) is 0 Å². The molecule has 3 rings (SSSR count). The Hall–Kier alpha value is -2.14. The largest absolute Gasteiger partial charge is 0.462 e. The third kappa shape index (κ3) is 4.41. The van der Waals surface area contributed by atoms with Crippen LogP contribution in [0.5, 0.6) is 0 Å². The highest BCUT2D eigenvalue weighted by atomic mass is 32.1. The Labute approximate surface area is 164 Å². The summed E-state index contributed by atoms with van der Waals surface area (Å²) >= 11 is 1.53. The number of ether oxygens (including phenoxy) is 1. The van der Waals surface area contributed by atoms with Crippen LogP contribution in [0.4, 0.5) is 5.00 Å². The summed E-state index contributed by atoms with van der Waals surface area (Å²) < 4.78 is 5.28. The van der Waals surface area contributed by atoms with Crippen molar-refractivity contribution < 1.29 is 14.3 Å². The second-order valence-electron chi connectivity index (χ2n) is 7.22. The van der Waals surface area contributed by atoms with E-state index in [-0.39, 0.29) is 11.9 Å². The van der Waals surface area contributed by atoms with Gasteiger partial charge in [-0.05, 0) is 61.8 Å². The maximum atomic E-state index is 12.8. The average Bonchev–Trinajstić information content (AvgIpc) is 2.82. The van der Waals surface area contributed by atoms with Crippen molar-refractivity contribution in [3.63, 3.8) is 0 Å². The van der Waals surface area contributed by atoms with Crippen LogP contribution in [0.2, 0.25) is 0 Å². The fourth-order valence-corrected chi connectivity index (χ4v) is 4.72. The maximum Gasteiger partial charge on any atom is 0.341 e. The van der Waals surface area contributed by atoms with Gasteiger partial charge >= 0.3 is 5.97 Å². The zero-order valence-electron chi connectivity index (χ0n) is 16.3. The minimum absolute atomic E-state index is 0.188. The molecule has 0 atom stereocenters. The number of anilines is 1. The van der Waals surface area contributed by atoms with Gasteiger partial charge < -0.3 is 10.1 Å². The fourth-order valence-electron chi connectivity index (χ4n) is 3.44. The molecule has 1 aromatic carbocycles. The quantitative estimate of drug-likeness (QED) is 0.541. The lowest BCUT2D eigenvalue weighted by Crippen LogP contribution is -2.15. The van der Waals surface area contributed by atoms with E-state index in [9.17, 15) is 9.59 Å². The number of nitrogens with one attached hydrogen (secondary N) is 1. The van der Waals surface area contributed by atoms with Crippen molar-refractivity contribution in [1.29, 1.82) is 0 Å². The van der Waals surface area contributed by atoms with E-state index in [0.717, 1.165) is 31.2 Å². The predicted molar refractivity (Wildman–Crippen MR) is 110 cm³/mol. The maximum absolute atomic E-state index is 12.8. The average molecular weight is 386 g/mol. The molecule has 0 unspecified atom stereocenters. The summed E-state index contributed by atoms with van der Waals surface area (Å²) in [5, 5.41) is 3.59. The van der Waals surface area contributed by atoms with Crippen molar-refractivity contribution in [3.8, 4) is 0 Å². The standard InChI is InChI=1S/C22H27NO3S/c1-4-26-22(25)19-17-8-6-5-7-9-18(17)27-21(19)23-20(24)16-12-10-15(11-13-16)14(2)3/h10-14H,4-9H2,1-3H3,(H,23,24). The molecule has 5 heteroatoms. The molecule has 0 spiro atoms. The van der Waals surface area contributed by atoms with Gasteiger partial charge in [0.05, 0.1) is 12.2 Å². The predicted octanol–water partition coefficient (Wildman–Crippen LogP) is 5.57. The summed E-state index contributed by atoms with van der Waals surface area (Å²) in [7, 11) is 0. The first-order valence-corrected chi connectivity index (χ1v) is 10.6. The lowest BCUT2D eigenvalue weighted by Gasteiger charge is -2.09. The number of hydrogen-bond acceptors (Lipinski definition) is 4. The van der Waals surface area contributed by atoms with Crippen LogP contribution in [-0.4, -0.2) is 18.5 Å². The van der Waals surface area contributed by atoms with E-state index < -0.39 is 0 Å². The van der Waals surface area contributed by atoms with E-state index in [1.54, 1.807) is 6.92 Å². The molecule has 0 saturated carbocycles. The van der Waals surface area contributed by atoms with E-state index in [1.807, 2.05) is 24.3 Å². The molecule has 1 aliphatic rings. The summed E-state index contributed by atoms with van der Waals surface area (Å²) in [6.45, 7) is 6.38. The van der Waals surface area contributed by atoms with Crippen molar-refractivity contribution in [2.75, 3.05) is 11.9 Å². The number of carbonyl (C=O) groups excluding carboxylic acids is 2. The number of benzene rings is 1. The molecule has 1 aromatic heterocycles. The highest BCUT2D eigenvalue weighted by Gasteiger charge is 2.26. The van der Waals surface area contributed by atoms with Gasteiger partial charge in [-0.25, -0.2) is 4.79 Å². The summed E-state index contributed by atoms with van der Waals surface area (Å²) in [5.41, 5.74) is 3.42. The summed E-state index contributed by atoms with van der Waals surface area (Å²) in [5.74, 6) is -0.0971. The SMILES string of the molecule is CCOC(=O)c1c(NC(=O)c2ccc(C(C)C)cc2)sc2c1CCCCC2. The summed E-state index contributed by atoms with van der Waals surface area (Å²) in [6, 6.07) is 7.64. The molecule has 144 valence electrons. The van der Waals surface area contributed by atoms with E-state index in [1.165, 1.54) is 28.2 Å². The van der Waals surface area contributed by atoms with Gasteiger partial charge in [0.1, 0.15) is 5.00 Å². The van der Waals surface area contributed by atoms with Gasteiger partial charge in [0, 0.05) is 10.4 Å². The highest BCUT2D eigenvalue weighted by molar-refractivity contribution is 7.17. The number of aryl methyl sites for hydroxylation is 1. The summed E-state index contributed by atoms with van der Waals surface area (Å²) in [6.07, 6.45) is 5.21. The Morgan fingerprint density at radius 3 is 2.48 bits per heavy atom. The van der Waals surface area contributed by atoms with Crippen LogP contribution in [0.15, 0.2) is 24.3 Å². The van der Waals surface area contributed by atoms with Crippen molar-refractivity contribution in [1.82, 2.24) is 0 Å². The number of hydrogen-bond donors (Lipinski definition) is 1. The number of rotatable bonds is 5. The minimum Gasteiger partial charge on any atom is -0.462 e. The fraction of sp³-hybridized carbons (Fsp3) is 0.455. The van der Waals surface area contributed by atoms with E-state index in [0.29, 0.717) is 28.7 Å². The van der Waals surface area contributed by atoms with Crippen molar-refractivity contribution >= 4 is 28.2 Å². The number of thiophene rings is 1.